The molecule has 1 N–H and O–H groups in total. The molecule has 9 heteroatoms. The molecule has 0 bridgehead atoms. The molecular formula is C19H29F3N2O4. The molecule has 3 fully saturated rings. The van der Waals surface area contributed by atoms with E-state index in [1.807, 2.05) is 6.08 Å². The molecule has 3 aliphatic rings. The number of aliphatic carboxylic acids is 1. The topological polar surface area (TPSA) is 70.1 Å². The summed E-state index contributed by atoms with van der Waals surface area (Å²) in [5, 5.41) is 7.12. The van der Waals surface area contributed by atoms with Crippen LogP contribution in [0.3, 0.4) is 0 Å². The van der Waals surface area contributed by atoms with Gasteiger partial charge in [-0.05, 0) is 44.6 Å². The largest absolute Gasteiger partial charge is 0.490 e. The van der Waals surface area contributed by atoms with Crippen LogP contribution < -0.4 is 0 Å². The Bertz CT molecular complexity index is 564. The summed E-state index contributed by atoms with van der Waals surface area (Å²) in [5.74, 6) is -1.71. The molecule has 0 aromatic carbocycles. The Kier molecular flexibility index (Phi) is 7.88. The minimum Gasteiger partial charge on any atom is -0.475 e. The second-order valence-electron chi connectivity index (χ2n) is 7.70. The van der Waals surface area contributed by atoms with Crippen LogP contribution in [0.5, 0.6) is 0 Å². The maximum atomic E-state index is 12.2. The number of likely N-dealkylation sites (tertiary alicyclic amines) is 2. The van der Waals surface area contributed by atoms with Crippen molar-refractivity contribution in [3.63, 3.8) is 0 Å². The SMILES string of the molecule is C=CCN1C(=O)CCC12CCCN(CC1CCOC1)CC2.O=C(O)C(F)(F)F. The van der Waals surface area contributed by atoms with E-state index in [0.29, 0.717) is 11.8 Å². The van der Waals surface area contributed by atoms with Crippen LogP contribution in [0.1, 0.15) is 38.5 Å². The number of carbonyl (C=O) groups excluding carboxylic acids is 1. The summed E-state index contributed by atoms with van der Waals surface area (Å²) in [6, 6.07) is 0. The minimum absolute atomic E-state index is 0.117. The Balaban J connectivity index is 0.000000345. The van der Waals surface area contributed by atoms with Crippen molar-refractivity contribution in [2.45, 2.75) is 50.2 Å². The molecule has 3 heterocycles. The molecule has 1 amide bonds. The number of amides is 1. The molecule has 28 heavy (non-hydrogen) atoms. The van der Waals surface area contributed by atoms with E-state index >= 15 is 0 Å². The monoisotopic (exact) mass is 406 g/mol. The molecule has 6 nitrogen and oxygen atoms in total. The van der Waals surface area contributed by atoms with E-state index in [0.717, 1.165) is 52.0 Å². The van der Waals surface area contributed by atoms with Gasteiger partial charge in [0.1, 0.15) is 0 Å². The lowest BCUT2D eigenvalue weighted by molar-refractivity contribution is -0.192. The predicted molar refractivity (Wildman–Crippen MR) is 96.8 cm³/mol. The number of rotatable bonds is 4. The van der Waals surface area contributed by atoms with Crippen molar-refractivity contribution in [3.05, 3.63) is 12.7 Å². The van der Waals surface area contributed by atoms with Crippen LogP contribution >= 0.6 is 0 Å². The quantitative estimate of drug-likeness (QED) is 0.727. The van der Waals surface area contributed by atoms with Gasteiger partial charge in [0.2, 0.25) is 5.91 Å². The van der Waals surface area contributed by atoms with E-state index in [4.69, 9.17) is 14.6 Å². The average Bonchev–Trinajstić information content (AvgIpc) is 3.17. The second-order valence-corrected chi connectivity index (χ2v) is 7.70. The summed E-state index contributed by atoms with van der Waals surface area (Å²) in [6.45, 7) is 9.88. The third-order valence-corrected chi connectivity index (χ3v) is 5.78. The van der Waals surface area contributed by atoms with Crippen LogP contribution in [-0.2, 0) is 14.3 Å². The van der Waals surface area contributed by atoms with Crippen LogP contribution in [0.2, 0.25) is 0 Å². The maximum absolute atomic E-state index is 12.2. The van der Waals surface area contributed by atoms with Crippen molar-refractivity contribution in [2.75, 3.05) is 39.4 Å². The fourth-order valence-electron chi connectivity index (χ4n) is 4.33. The summed E-state index contributed by atoms with van der Waals surface area (Å²) in [4.78, 5) is 25.8. The average molecular weight is 406 g/mol. The molecule has 2 atom stereocenters. The van der Waals surface area contributed by atoms with Crippen LogP contribution in [0.15, 0.2) is 12.7 Å². The molecule has 2 unspecified atom stereocenters. The van der Waals surface area contributed by atoms with Gasteiger partial charge in [0.25, 0.3) is 0 Å². The smallest absolute Gasteiger partial charge is 0.475 e. The molecule has 160 valence electrons. The van der Waals surface area contributed by atoms with Crippen molar-refractivity contribution in [2.24, 2.45) is 5.92 Å². The lowest BCUT2D eigenvalue weighted by atomic mass is 9.87. The van der Waals surface area contributed by atoms with Gasteiger partial charge in [-0.2, -0.15) is 13.2 Å². The van der Waals surface area contributed by atoms with E-state index in [-0.39, 0.29) is 5.54 Å². The first kappa shape index (κ1) is 22.7. The minimum atomic E-state index is -5.08. The van der Waals surface area contributed by atoms with Crippen LogP contribution in [0.4, 0.5) is 13.2 Å². The van der Waals surface area contributed by atoms with Gasteiger partial charge < -0.3 is 19.6 Å². The summed E-state index contributed by atoms with van der Waals surface area (Å²) in [6.07, 6.45) is 3.26. The zero-order valence-corrected chi connectivity index (χ0v) is 16.0. The summed E-state index contributed by atoms with van der Waals surface area (Å²) >= 11 is 0. The zero-order valence-electron chi connectivity index (χ0n) is 16.0. The van der Waals surface area contributed by atoms with Gasteiger partial charge in [-0.1, -0.05) is 6.08 Å². The molecule has 0 aromatic rings. The van der Waals surface area contributed by atoms with E-state index < -0.39 is 12.1 Å². The van der Waals surface area contributed by atoms with Crippen LogP contribution in [-0.4, -0.2) is 77.9 Å². The predicted octanol–water partition coefficient (Wildman–Crippen LogP) is 2.69. The summed E-state index contributed by atoms with van der Waals surface area (Å²) in [5.41, 5.74) is 0.117. The molecular weight excluding hydrogens is 377 g/mol. The fourth-order valence-corrected chi connectivity index (χ4v) is 4.33. The highest BCUT2D eigenvalue weighted by Crippen LogP contribution is 2.39. The van der Waals surface area contributed by atoms with Crippen molar-refractivity contribution in [3.8, 4) is 0 Å². The molecule has 3 rings (SSSR count). The van der Waals surface area contributed by atoms with Crippen molar-refractivity contribution in [1.82, 2.24) is 9.80 Å². The van der Waals surface area contributed by atoms with Gasteiger partial charge in [-0.15, -0.1) is 6.58 Å². The van der Waals surface area contributed by atoms with E-state index in [9.17, 15) is 18.0 Å². The molecule has 0 aliphatic carbocycles. The molecule has 0 radical (unpaired) electrons. The number of hydrogen-bond donors (Lipinski definition) is 1. The van der Waals surface area contributed by atoms with E-state index in [1.54, 1.807) is 0 Å². The highest BCUT2D eigenvalue weighted by Gasteiger charge is 2.45. The van der Waals surface area contributed by atoms with E-state index in [2.05, 4.69) is 16.4 Å². The van der Waals surface area contributed by atoms with E-state index in [1.165, 1.54) is 25.9 Å². The number of alkyl halides is 3. The Morgan fingerprint density at radius 1 is 1.32 bits per heavy atom. The van der Waals surface area contributed by atoms with Crippen molar-refractivity contribution >= 4 is 11.9 Å². The Morgan fingerprint density at radius 3 is 2.61 bits per heavy atom. The number of ether oxygens (including phenoxy) is 1. The van der Waals surface area contributed by atoms with Crippen molar-refractivity contribution < 1.29 is 32.6 Å². The van der Waals surface area contributed by atoms with Gasteiger partial charge in [0, 0.05) is 38.2 Å². The van der Waals surface area contributed by atoms with Gasteiger partial charge in [0.15, 0.2) is 0 Å². The maximum Gasteiger partial charge on any atom is 0.490 e. The normalized spacial score (nSPS) is 28.8. The lowest BCUT2D eigenvalue weighted by Crippen LogP contribution is -2.46. The van der Waals surface area contributed by atoms with Gasteiger partial charge in [-0.25, -0.2) is 4.79 Å². The highest BCUT2D eigenvalue weighted by atomic mass is 19.4. The number of halogens is 3. The molecule has 3 saturated heterocycles. The first-order chi connectivity index (χ1) is 13.2. The third-order valence-electron chi connectivity index (χ3n) is 5.78. The summed E-state index contributed by atoms with van der Waals surface area (Å²) < 4.78 is 37.2. The van der Waals surface area contributed by atoms with Gasteiger partial charge in [0.05, 0.1) is 6.61 Å². The molecule has 1 spiro atoms. The number of carboxylic acids is 1. The molecule has 0 aromatic heterocycles. The Hall–Kier alpha value is -1.61. The zero-order chi connectivity index (χ0) is 20.8. The molecule has 0 saturated carbocycles. The van der Waals surface area contributed by atoms with Gasteiger partial charge >= 0.3 is 12.1 Å². The fraction of sp³-hybridized carbons (Fsp3) is 0.789. The van der Waals surface area contributed by atoms with Crippen molar-refractivity contribution in [1.29, 1.82) is 0 Å². The Morgan fingerprint density at radius 2 is 2.04 bits per heavy atom. The number of hydrogen-bond acceptors (Lipinski definition) is 4. The first-order valence-electron chi connectivity index (χ1n) is 9.69. The first-order valence-corrected chi connectivity index (χ1v) is 9.69. The lowest BCUT2D eigenvalue weighted by Gasteiger charge is -2.37. The number of carboxylic acid groups (broad SMARTS) is 1. The standard InChI is InChI=1S/C17H28N2O2.C2HF3O2/c1-2-9-19-16(20)4-7-17(19)6-3-10-18(11-8-17)13-15-5-12-21-14-15;3-2(4,5)1(6)7/h2,15H,1,3-14H2;(H,6,7). The van der Waals surface area contributed by atoms with Crippen LogP contribution in [0, 0.1) is 5.92 Å². The number of carbonyl (C=O) groups is 2. The number of nitrogens with zero attached hydrogens (tertiary/aromatic N) is 2. The summed E-state index contributed by atoms with van der Waals surface area (Å²) in [7, 11) is 0. The second kappa shape index (κ2) is 9.73. The Labute approximate surface area is 163 Å². The third kappa shape index (κ3) is 5.94. The highest BCUT2D eigenvalue weighted by molar-refractivity contribution is 5.80. The molecule has 3 aliphatic heterocycles. The van der Waals surface area contributed by atoms with Crippen LogP contribution in [0.25, 0.3) is 0 Å². The van der Waals surface area contributed by atoms with Gasteiger partial charge in [-0.3, -0.25) is 4.79 Å².